The predicted octanol–water partition coefficient (Wildman–Crippen LogP) is 1.72. The molecule has 7 heteroatoms. The van der Waals surface area contributed by atoms with E-state index >= 15 is 0 Å². The summed E-state index contributed by atoms with van der Waals surface area (Å²) in [5.74, 6) is 1.52. The van der Waals surface area contributed by atoms with Gasteiger partial charge in [-0.1, -0.05) is 0 Å². The van der Waals surface area contributed by atoms with Crippen molar-refractivity contribution in [1.82, 2.24) is 14.7 Å². The molecular weight excluding hydrogens is 298 g/mol. The number of ether oxygens (including phenoxy) is 3. The third kappa shape index (κ3) is 3.39. The Hall–Kier alpha value is -2.70. The third-order valence-electron chi connectivity index (χ3n) is 3.49. The molecule has 1 aromatic carbocycles. The second-order valence-electron chi connectivity index (χ2n) is 5.06. The molecule has 0 radical (unpaired) electrons. The third-order valence-corrected chi connectivity index (χ3v) is 3.49. The van der Waals surface area contributed by atoms with Crippen LogP contribution in [0.4, 0.5) is 0 Å². The number of hydrogen-bond acceptors (Lipinski definition) is 5. The lowest BCUT2D eigenvalue weighted by Gasteiger charge is -2.20. The second-order valence-corrected chi connectivity index (χ2v) is 5.06. The van der Waals surface area contributed by atoms with E-state index in [1.807, 2.05) is 6.07 Å². The van der Waals surface area contributed by atoms with Crippen molar-refractivity contribution in [3.8, 4) is 17.2 Å². The fourth-order valence-corrected chi connectivity index (χ4v) is 2.37. The predicted molar refractivity (Wildman–Crippen MR) is 85.1 cm³/mol. The van der Waals surface area contributed by atoms with Gasteiger partial charge in [0.15, 0.2) is 11.5 Å². The Morgan fingerprint density at radius 1 is 1.17 bits per heavy atom. The monoisotopic (exact) mass is 319 g/mol. The Morgan fingerprint density at radius 3 is 2.39 bits per heavy atom. The Bertz CT molecular complexity index is 697. The second kappa shape index (κ2) is 7.04. The molecule has 124 valence electrons. The van der Waals surface area contributed by atoms with Gasteiger partial charge < -0.3 is 19.1 Å². The van der Waals surface area contributed by atoms with Crippen LogP contribution in [0.1, 0.15) is 15.9 Å². The molecule has 23 heavy (non-hydrogen) atoms. The van der Waals surface area contributed by atoms with Gasteiger partial charge in [-0.05, 0) is 12.1 Å². The quantitative estimate of drug-likeness (QED) is 0.811. The summed E-state index contributed by atoms with van der Waals surface area (Å²) < 4.78 is 17.7. The molecule has 1 heterocycles. The molecule has 7 nitrogen and oxygen atoms in total. The Balaban J connectivity index is 2.27. The van der Waals surface area contributed by atoms with Crippen molar-refractivity contribution in [3.63, 3.8) is 0 Å². The molecule has 0 aliphatic heterocycles. The van der Waals surface area contributed by atoms with Gasteiger partial charge in [0.2, 0.25) is 5.75 Å². The minimum atomic E-state index is -0.116. The zero-order chi connectivity index (χ0) is 17.0. The van der Waals surface area contributed by atoms with Crippen LogP contribution in [-0.2, 0) is 13.6 Å². The molecule has 0 unspecified atom stereocenters. The summed E-state index contributed by atoms with van der Waals surface area (Å²) in [6.45, 7) is 0.372. The van der Waals surface area contributed by atoms with E-state index in [2.05, 4.69) is 5.10 Å². The number of aromatic nitrogens is 2. The van der Waals surface area contributed by atoms with Crippen molar-refractivity contribution in [3.05, 3.63) is 35.7 Å². The summed E-state index contributed by atoms with van der Waals surface area (Å²) in [4.78, 5) is 14.0. The molecule has 0 fully saturated rings. The van der Waals surface area contributed by atoms with E-state index in [0.717, 1.165) is 5.56 Å². The van der Waals surface area contributed by atoms with Gasteiger partial charge in [0, 0.05) is 32.4 Å². The number of methoxy groups -OCH3 is 3. The molecule has 0 saturated carbocycles. The molecule has 0 saturated heterocycles. The average Bonchev–Trinajstić information content (AvgIpc) is 2.99. The van der Waals surface area contributed by atoms with Crippen LogP contribution in [0.3, 0.4) is 0 Å². The van der Waals surface area contributed by atoms with Crippen molar-refractivity contribution in [2.75, 3.05) is 28.4 Å². The molecule has 0 N–H and O–H groups in total. The van der Waals surface area contributed by atoms with Gasteiger partial charge in [0.1, 0.15) is 0 Å². The zero-order valence-electron chi connectivity index (χ0n) is 14.0. The van der Waals surface area contributed by atoms with Gasteiger partial charge in [0.05, 0.1) is 33.1 Å². The first-order chi connectivity index (χ1) is 11.0. The van der Waals surface area contributed by atoms with Crippen molar-refractivity contribution < 1.29 is 19.0 Å². The first-order valence-corrected chi connectivity index (χ1v) is 7.03. The lowest BCUT2D eigenvalue weighted by molar-refractivity contribution is 0.0784. The van der Waals surface area contributed by atoms with Gasteiger partial charge >= 0.3 is 0 Å². The van der Waals surface area contributed by atoms with Crippen LogP contribution in [0.15, 0.2) is 24.5 Å². The van der Waals surface area contributed by atoms with Crippen LogP contribution in [-0.4, -0.2) is 49.0 Å². The van der Waals surface area contributed by atoms with Crippen LogP contribution in [0.5, 0.6) is 17.2 Å². The standard InChI is InChI=1S/C16H21N3O4/c1-18(16(20)12-8-17-19(2)10-12)9-11-6-7-13(21-3)15(23-5)14(11)22-4/h6-8,10H,9H2,1-5H3. The lowest BCUT2D eigenvalue weighted by atomic mass is 10.1. The minimum absolute atomic E-state index is 0.116. The number of carbonyl (C=O) groups excluding carboxylic acids is 1. The van der Waals surface area contributed by atoms with E-state index in [9.17, 15) is 4.79 Å². The molecule has 0 bridgehead atoms. The maximum absolute atomic E-state index is 12.4. The normalized spacial score (nSPS) is 10.3. The first kappa shape index (κ1) is 16.7. The highest BCUT2D eigenvalue weighted by Crippen LogP contribution is 2.40. The number of amides is 1. The van der Waals surface area contributed by atoms with Crippen LogP contribution in [0, 0.1) is 0 Å². The first-order valence-electron chi connectivity index (χ1n) is 7.03. The molecular formula is C16H21N3O4. The van der Waals surface area contributed by atoms with Crippen LogP contribution >= 0.6 is 0 Å². The molecule has 0 atom stereocenters. The number of benzene rings is 1. The molecule has 0 aliphatic rings. The molecule has 0 spiro atoms. The fourth-order valence-electron chi connectivity index (χ4n) is 2.37. The number of nitrogens with zero attached hydrogens (tertiary/aromatic N) is 3. The summed E-state index contributed by atoms with van der Waals surface area (Å²) in [6.07, 6.45) is 3.23. The van der Waals surface area contributed by atoms with Gasteiger partial charge in [0.25, 0.3) is 5.91 Å². The summed E-state index contributed by atoms with van der Waals surface area (Å²) in [7, 11) is 8.17. The summed E-state index contributed by atoms with van der Waals surface area (Å²) >= 11 is 0. The van der Waals surface area contributed by atoms with Crippen molar-refractivity contribution in [1.29, 1.82) is 0 Å². The summed E-state index contributed by atoms with van der Waals surface area (Å²) in [5, 5.41) is 4.02. The highest BCUT2D eigenvalue weighted by atomic mass is 16.5. The zero-order valence-corrected chi connectivity index (χ0v) is 14.0. The van der Waals surface area contributed by atoms with Crippen LogP contribution in [0.25, 0.3) is 0 Å². The topological polar surface area (TPSA) is 65.8 Å². The average molecular weight is 319 g/mol. The Morgan fingerprint density at radius 2 is 1.87 bits per heavy atom. The van der Waals surface area contributed by atoms with Crippen molar-refractivity contribution >= 4 is 5.91 Å². The van der Waals surface area contributed by atoms with E-state index in [1.165, 1.54) is 0 Å². The van der Waals surface area contributed by atoms with E-state index in [4.69, 9.17) is 14.2 Å². The van der Waals surface area contributed by atoms with Crippen molar-refractivity contribution in [2.24, 2.45) is 7.05 Å². The van der Waals surface area contributed by atoms with E-state index in [-0.39, 0.29) is 5.91 Å². The minimum Gasteiger partial charge on any atom is -0.493 e. The van der Waals surface area contributed by atoms with Gasteiger partial charge in [-0.15, -0.1) is 0 Å². The van der Waals surface area contributed by atoms with E-state index in [0.29, 0.717) is 29.4 Å². The lowest BCUT2D eigenvalue weighted by Crippen LogP contribution is -2.26. The summed E-state index contributed by atoms with van der Waals surface area (Å²) in [5.41, 5.74) is 1.36. The fraction of sp³-hybridized carbons (Fsp3) is 0.375. The highest BCUT2D eigenvalue weighted by Gasteiger charge is 2.19. The van der Waals surface area contributed by atoms with Gasteiger partial charge in [-0.2, -0.15) is 5.10 Å². The highest BCUT2D eigenvalue weighted by molar-refractivity contribution is 5.93. The number of aryl methyl sites for hydroxylation is 1. The molecule has 2 rings (SSSR count). The molecule has 0 aliphatic carbocycles. The Labute approximate surface area is 135 Å². The van der Waals surface area contributed by atoms with E-state index < -0.39 is 0 Å². The number of hydrogen-bond donors (Lipinski definition) is 0. The smallest absolute Gasteiger partial charge is 0.257 e. The SMILES string of the molecule is COc1ccc(CN(C)C(=O)c2cnn(C)c2)c(OC)c1OC. The molecule has 1 aromatic heterocycles. The Kier molecular flexibility index (Phi) is 5.10. The molecule has 2 aromatic rings. The van der Waals surface area contributed by atoms with Crippen LogP contribution < -0.4 is 14.2 Å². The van der Waals surface area contributed by atoms with E-state index in [1.54, 1.807) is 63.5 Å². The van der Waals surface area contributed by atoms with Crippen LogP contribution in [0.2, 0.25) is 0 Å². The van der Waals surface area contributed by atoms with Crippen molar-refractivity contribution in [2.45, 2.75) is 6.54 Å². The maximum atomic E-state index is 12.4. The summed E-state index contributed by atoms with van der Waals surface area (Å²) in [6, 6.07) is 3.65. The number of rotatable bonds is 6. The number of carbonyl (C=O) groups is 1. The van der Waals surface area contributed by atoms with Gasteiger partial charge in [-0.25, -0.2) is 0 Å². The van der Waals surface area contributed by atoms with Gasteiger partial charge in [-0.3, -0.25) is 9.48 Å². The maximum Gasteiger partial charge on any atom is 0.257 e. The largest absolute Gasteiger partial charge is 0.493 e. The molecule has 1 amide bonds.